The van der Waals surface area contributed by atoms with Gasteiger partial charge in [-0.1, -0.05) is 12.8 Å². The van der Waals surface area contributed by atoms with Gasteiger partial charge in [0.2, 0.25) is 5.91 Å². The molecule has 1 unspecified atom stereocenters. The fraction of sp³-hybridized carbons (Fsp3) is 0.636. The van der Waals surface area contributed by atoms with Crippen molar-refractivity contribution in [3.63, 3.8) is 0 Å². The zero-order valence-corrected chi connectivity index (χ0v) is 9.69. The topological polar surface area (TPSA) is 69.6 Å². The Kier molecular flexibility index (Phi) is 6.97. The standard InChI is InChI=1S/C11H18N2O3/c1-4-6-13(8-11(15)16)10(14)7-12-9(3)5-2/h1,9,12H,5-8H2,2-3H3,(H,15,16). The van der Waals surface area contributed by atoms with Gasteiger partial charge in [0.15, 0.2) is 0 Å². The molecule has 0 aliphatic rings. The van der Waals surface area contributed by atoms with Crippen LogP contribution in [-0.4, -0.2) is 47.6 Å². The number of carboxylic acid groups (broad SMARTS) is 1. The van der Waals surface area contributed by atoms with Crippen LogP contribution in [-0.2, 0) is 9.59 Å². The highest BCUT2D eigenvalue weighted by atomic mass is 16.4. The molecule has 0 heterocycles. The number of rotatable bonds is 7. The fourth-order valence-corrected chi connectivity index (χ4v) is 1.02. The lowest BCUT2D eigenvalue weighted by atomic mass is 10.2. The smallest absolute Gasteiger partial charge is 0.323 e. The number of amides is 1. The Balaban J connectivity index is 4.17. The van der Waals surface area contributed by atoms with Crippen LogP contribution in [0.25, 0.3) is 0 Å². The van der Waals surface area contributed by atoms with Crippen molar-refractivity contribution in [1.82, 2.24) is 10.2 Å². The number of hydrogen-bond acceptors (Lipinski definition) is 3. The zero-order valence-electron chi connectivity index (χ0n) is 9.69. The first kappa shape index (κ1) is 14.5. The van der Waals surface area contributed by atoms with Crippen LogP contribution in [0.2, 0.25) is 0 Å². The van der Waals surface area contributed by atoms with Crippen molar-refractivity contribution in [2.24, 2.45) is 0 Å². The summed E-state index contributed by atoms with van der Waals surface area (Å²) in [7, 11) is 0. The van der Waals surface area contributed by atoms with Gasteiger partial charge in [0.25, 0.3) is 0 Å². The third-order valence-corrected chi connectivity index (χ3v) is 2.18. The highest BCUT2D eigenvalue weighted by Crippen LogP contribution is 1.91. The molecule has 0 spiro atoms. The van der Waals surface area contributed by atoms with Crippen LogP contribution in [0.5, 0.6) is 0 Å². The molecule has 0 aliphatic carbocycles. The molecule has 0 aromatic heterocycles. The van der Waals surface area contributed by atoms with E-state index in [0.717, 1.165) is 11.3 Å². The highest BCUT2D eigenvalue weighted by Gasteiger charge is 2.15. The summed E-state index contributed by atoms with van der Waals surface area (Å²) in [5.74, 6) is 0.916. The van der Waals surface area contributed by atoms with Gasteiger partial charge in [-0.3, -0.25) is 9.59 Å². The second-order valence-electron chi connectivity index (χ2n) is 3.54. The molecule has 5 heteroatoms. The molecule has 0 radical (unpaired) electrons. The SMILES string of the molecule is C#CCN(CC(=O)O)C(=O)CNC(C)CC. The third kappa shape index (κ3) is 6.04. The van der Waals surface area contributed by atoms with Gasteiger partial charge in [-0.2, -0.15) is 0 Å². The molecule has 0 rings (SSSR count). The summed E-state index contributed by atoms with van der Waals surface area (Å²) in [6.45, 7) is 3.73. The first-order valence-electron chi connectivity index (χ1n) is 5.17. The zero-order chi connectivity index (χ0) is 12.6. The van der Waals surface area contributed by atoms with E-state index in [1.54, 1.807) is 0 Å². The van der Waals surface area contributed by atoms with Gasteiger partial charge in [-0.05, 0) is 13.3 Å². The van der Waals surface area contributed by atoms with Crippen molar-refractivity contribution in [3.05, 3.63) is 0 Å². The summed E-state index contributed by atoms with van der Waals surface area (Å²) in [4.78, 5) is 23.2. The van der Waals surface area contributed by atoms with E-state index in [1.165, 1.54) is 0 Å². The van der Waals surface area contributed by atoms with E-state index in [2.05, 4.69) is 11.2 Å². The van der Waals surface area contributed by atoms with Crippen LogP contribution in [0.15, 0.2) is 0 Å². The Labute approximate surface area is 95.8 Å². The molecular formula is C11H18N2O3. The van der Waals surface area contributed by atoms with Crippen molar-refractivity contribution >= 4 is 11.9 Å². The van der Waals surface area contributed by atoms with Crippen molar-refractivity contribution in [2.75, 3.05) is 19.6 Å². The van der Waals surface area contributed by atoms with Gasteiger partial charge >= 0.3 is 5.97 Å². The Morgan fingerprint density at radius 3 is 2.62 bits per heavy atom. The number of carbonyl (C=O) groups excluding carboxylic acids is 1. The molecule has 5 nitrogen and oxygen atoms in total. The Morgan fingerprint density at radius 2 is 2.19 bits per heavy atom. The number of terminal acetylenes is 1. The number of aliphatic carboxylic acids is 1. The predicted octanol–water partition coefficient (Wildman–Crippen LogP) is -0.0791. The first-order chi connectivity index (χ1) is 7.51. The number of carbonyl (C=O) groups is 2. The largest absolute Gasteiger partial charge is 0.480 e. The lowest BCUT2D eigenvalue weighted by molar-refractivity contribution is -0.143. The molecule has 16 heavy (non-hydrogen) atoms. The Morgan fingerprint density at radius 1 is 1.56 bits per heavy atom. The molecule has 0 aromatic carbocycles. The molecule has 0 fully saturated rings. The van der Waals surface area contributed by atoms with Crippen molar-refractivity contribution in [2.45, 2.75) is 26.3 Å². The maximum Gasteiger partial charge on any atom is 0.323 e. The molecule has 1 atom stereocenters. The Hall–Kier alpha value is -1.54. The summed E-state index contributed by atoms with van der Waals surface area (Å²) in [6.07, 6.45) is 5.97. The van der Waals surface area contributed by atoms with E-state index >= 15 is 0 Å². The molecule has 1 amide bonds. The van der Waals surface area contributed by atoms with E-state index in [4.69, 9.17) is 11.5 Å². The Bertz CT molecular complexity index is 283. The fourth-order valence-electron chi connectivity index (χ4n) is 1.02. The quantitative estimate of drug-likeness (QED) is 0.596. The number of hydrogen-bond donors (Lipinski definition) is 2. The molecule has 0 aromatic rings. The molecule has 2 N–H and O–H groups in total. The summed E-state index contributed by atoms with van der Waals surface area (Å²) in [5, 5.41) is 11.6. The minimum absolute atomic E-state index is 0.0212. The average molecular weight is 226 g/mol. The molecule has 0 bridgehead atoms. The molecule has 0 saturated heterocycles. The van der Waals surface area contributed by atoms with Crippen molar-refractivity contribution in [1.29, 1.82) is 0 Å². The molecule has 0 saturated carbocycles. The lowest BCUT2D eigenvalue weighted by Crippen LogP contribution is -2.43. The number of nitrogens with one attached hydrogen (secondary N) is 1. The minimum Gasteiger partial charge on any atom is -0.480 e. The summed E-state index contributed by atoms with van der Waals surface area (Å²) < 4.78 is 0. The van der Waals surface area contributed by atoms with E-state index in [-0.39, 0.29) is 31.6 Å². The van der Waals surface area contributed by atoms with Gasteiger partial charge < -0.3 is 15.3 Å². The van der Waals surface area contributed by atoms with E-state index in [0.29, 0.717) is 0 Å². The van der Waals surface area contributed by atoms with Gasteiger partial charge in [0.05, 0.1) is 13.1 Å². The first-order valence-corrected chi connectivity index (χ1v) is 5.17. The second kappa shape index (κ2) is 7.71. The summed E-state index contributed by atoms with van der Waals surface area (Å²) in [6, 6.07) is 0.224. The molecule has 90 valence electrons. The number of nitrogens with zero attached hydrogens (tertiary/aromatic N) is 1. The number of carboxylic acids is 1. The normalized spacial score (nSPS) is 11.6. The van der Waals surface area contributed by atoms with Crippen molar-refractivity contribution in [3.8, 4) is 12.3 Å². The van der Waals surface area contributed by atoms with Crippen molar-refractivity contribution < 1.29 is 14.7 Å². The molecular weight excluding hydrogens is 208 g/mol. The highest BCUT2D eigenvalue weighted by molar-refractivity contribution is 5.83. The van der Waals surface area contributed by atoms with E-state index < -0.39 is 5.97 Å². The maximum absolute atomic E-state index is 11.6. The predicted molar refractivity (Wildman–Crippen MR) is 60.8 cm³/mol. The minimum atomic E-state index is -1.06. The van der Waals surface area contributed by atoms with Gasteiger partial charge in [0.1, 0.15) is 6.54 Å². The second-order valence-corrected chi connectivity index (χ2v) is 3.54. The monoisotopic (exact) mass is 226 g/mol. The van der Waals surface area contributed by atoms with Gasteiger partial charge in [-0.25, -0.2) is 0 Å². The maximum atomic E-state index is 11.6. The third-order valence-electron chi connectivity index (χ3n) is 2.18. The van der Waals surface area contributed by atoms with E-state index in [9.17, 15) is 9.59 Å². The van der Waals surface area contributed by atoms with Crippen LogP contribution in [0.1, 0.15) is 20.3 Å². The average Bonchev–Trinajstić information content (AvgIpc) is 2.24. The molecule has 0 aliphatic heterocycles. The van der Waals surface area contributed by atoms with Crippen LogP contribution >= 0.6 is 0 Å². The van der Waals surface area contributed by atoms with Gasteiger partial charge in [-0.15, -0.1) is 6.42 Å². The van der Waals surface area contributed by atoms with Crippen LogP contribution in [0, 0.1) is 12.3 Å². The van der Waals surface area contributed by atoms with E-state index in [1.807, 2.05) is 13.8 Å². The summed E-state index contributed by atoms with van der Waals surface area (Å²) in [5.41, 5.74) is 0. The van der Waals surface area contributed by atoms with Crippen LogP contribution in [0.4, 0.5) is 0 Å². The van der Waals surface area contributed by atoms with Crippen LogP contribution < -0.4 is 5.32 Å². The van der Waals surface area contributed by atoms with Gasteiger partial charge in [0, 0.05) is 6.04 Å². The van der Waals surface area contributed by atoms with Crippen LogP contribution in [0.3, 0.4) is 0 Å². The lowest BCUT2D eigenvalue weighted by Gasteiger charge is -2.19. The summed E-state index contributed by atoms with van der Waals surface area (Å²) >= 11 is 0.